The van der Waals surface area contributed by atoms with Gasteiger partial charge in [0.1, 0.15) is 12.3 Å². The highest BCUT2D eigenvalue weighted by Crippen LogP contribution is 2.52. The lowest BCUT2D eigenvalue weighted by atomic mass is 9.74. The molecule has 3 aliphatic rings. The first-order valence-corrected chi connectivity index (χ1v) is 9.45. The highest BCUT2D eigenvalue weighted by molar-refractivity contribution is 6.43. The first-order valence-electron chi connectivity index (χ1n) is 8.70. The maximum Gasteiger partial charge on any atom is 0.401 e. The van der Waals surface area contributed by atoms with Crippen LogP contribution in [0.5, 0.6) is 0 Å². The Morgan fingerprint density at radius 3 is 2.67 bits per heavy atom. The van der Waals surface area contributed by atoms with E-state index in [1.54, 1.807) is 17.0 Å². The summed E-state index contributed by atoms with van der Waals surface area (Å²) in [4.78, 5) is 14.9. The fraction of sp³-hybridized carbons (Fsp3) is 0.588. The van der Waals surface area contributed by atoms with Crippen molar-refractivity contribution in [2.24, 2.45) is 0 Å². The second-order valence-electron chi connectivity index (χ2n) is 7.09. The van der Waals surface area contributed by atoms with Crippen LogP contribution in [0.2, 0.25) is 10.0 Å². The lowest BCUT2D eigenvalue weighted by Crippen LogP contribution is -2.48. The number of ether oxygens (including phenoxy) is 1. The van der Waals surface area contributed by atoms with Crippen LogP contribution in [0.4, 0.5) is 18.9 Å². The van der Waals surface area contributed by atoms with Gasteiger partial charge in [-0.3, -0.25) is 10.1 Å². The molecule has 2 unspecified atom stereocenters. The summed E-state index contributed by atoms with van der Waals surface area (Å²) in [5.41, 5.74) is 0.650. The number of carbonyl (C=O) groups excluding carboxylic acids is 1. The Kier molecular flexibility index (Phi) is 4.83. The number of nitrogens with one attached hydrogen (secondary N) is 2. The lowest BCUT2D eigenvalue weighted by molar-refractivity contribution is -0.126. The van der Waals surface area contributed by atoms with Crippen molar-refractivity contribution in [3.05, 3.63) is 27.7 Å². The van der Waals surface area contributed by atoms with Crippen LogP contribution in [0.25, 0.3) is 0 Å². The van der Waals surface area contributed by atoms with E-state index in [-0.39, 0.29) is 12.5 Å². The second-order valence-corrected chi connectivity index (χ2v) is 7.88. The molecular formula is C17H18Cl2F3N3O2. The first-order chi connectivity index (χ1) is 12.7. The van der Waals surface area contributed by atoms with Crippen LogP contribution in [0.15, 0.2) is 12.1 Å². The molecule has 1 spiro atoms. The Morgan fingerprint density at radius 1 is 1.30 bits per heavy atom. The number of alkyl halides is 3. The molecular weight excluding hydrogens is 406 g/mol. The number of fused-ring (bicyclic) bond motifs is 2. The van der Waals surface area contributed by atoms with Crippen LogP contribution in [0.3, 0.4) is 0 Å². The molecule has 0 aromatic heterocycles. The number of hydrogen-bond acceptors (Lipinski definition) is 4. The second kappa shape index (κ2) is 6.77. The zero-order chi connectivity index (χ0) is 19.4. The topological polar surface area (TPSA) is 56.9 Å². The number of halogens is 5. The van der Waals surface area contributed by atoms with Crippen LogP contribution >= 0.6 is 23.2 Å². The lowest BCUT2D eigenvalue weighted by Gasteiger charge is -2.33. The summed E-state index contributed by atoms with van der Waals surface area (Å²) >= 11 is 12.7. The fourth-order valence-corrected chi connectivity index (χ4v) is 4.55. The highest BCUT2D eigenvalue weighted by atomic mass is 35.5. The van der Waals surface area contributed by atoms with Crippen LogP contribution in [0, 0.1) is 0 Å². The molecule has 2 N–H and O–H groups in total. The fourth-order valence-electron chi connectivity index (χ4n) is 4.05. The van der Waals surface area contributed by atoms with Crippen molar-refractivity contribution in [2.75, 3.05) is 31.1 Å². The van der Waals surface area contributed by atoms with E-state index >= 15 is 0 Å². The van der Waals surface area contributed by atoms with Crippen molar-refractivity contribution < 1.29 is 22.7 Å². The van der Waals surface area contributed by atoms with E-state index < -0.39 is 30.5 Å². The quantitative estimate of drug-likeness (QED) is 0.731. The maximum atomic E-state index is 13.3. The number of hydrogen-bond donors (Lipinski definition) is 2. The van der Waals surface area contributed by atoms with E-state index in [0.717, 1.165) is 5.56 Å². The molecule has 1 aromatic carbocycles. The van der Waals surface area contributed by atoms with Gasteiger partial charge in [0.25, 0.3) is 0 Å². The molecule has 3 heterocycles. The van der Waals surface area contributed by atoms with Gasteiger partial charge in [-0.1, -0.05) is 23.2 Å². The molecule has 10 heteroatoms. The number of benzene rings is 1. The highest BCUT2D eigenvalue weighted by Gasteiger charge is 2.54. The Hall–Kier alpha value is -1.06. The minimum absolute atomic E-state index is 0.0896. The van der Waals surface area contributed by atoms with E-state index in [0.29, 0.717) is 41.7 Å². The van der Waals surface area contributed by atoms with Gasteiger partial charge >= 0.3 is 6.18 Å². The monoisotopic (exact) mass is 423 g/mol. The van der Waals surface area contributed by atoms with Gasteiger partial charge < -0.3 is 15.0 Å². The van der Waals surface area contributed by atoms with Crippen LogP contribution in [-0.4, -0.2) is 50.6 Å². The van der Waals surface area contributed by atoms with Crippen molar-refractivity contribution >= 4 is 34.8 Å². The van der Waals surface area contributed by atoms with E-state index in [2.05, 4.69) is 10.6 Å². The molecule has 0 bridgehead atoms. The van der Waals surface area contributed by atoms with Crippen molar-refractivity contribution in [1.29, 1.82) is 0 Å². The van der Waals surface area contributed by atoms with E-state index in [1.807, 2.05) is 0 Å². The minimum Gasteiger partial charge on any atom is -0.351 e. The molecule has 1 aromatic rings. The summed E-state index contributed by atoms with van der Waals surface area (Å²) in [7, 11) is 0. The molecule has 0 saturated carbocycles. The summed E-state index contributed by atoms with van der Waals surface area (Å²) < 4.78 is 42.3. The first kappa shape index (κ1) is 19.3. The van der Waals surface area contributed by atoms with Crippen molar-refractivity contribution in [3.8, 4) is 0 Å². The summed E-state index contributed by atoms with van der Waals surface area (Å²) in [6, 6.07) is 3.38. The normalized spacial score (nSPS) is 26.6. The van der Waals surface area contributed by atoms with Gasteiger partial charge in [-0.25, -0.2) is 0 Å². The number of rotatable bonds is 4. The molecule has 5 nitrogen and oxygen atoms in total. The molecule has 2 saturated heterocycles. The molecule has 148 valence electrons. The third kappa shape index (κ3) is 3.42. The maximum absolute atomic E-state index is 13.3. The number of epoxide rings is 1. The Morgan fingerprint density at radius 2 is 2.00 bits per heavy atom. The number of nitrogens with zero attached hydrogens (tertiary/aromatic N) is 1. The predicted molar refractivity (Wildman–Crippen MR) is 95.3 cm³/mol. The standard InChI is InChI=1S/C17H18Cl2F3N3O2/c18-9-1-2-10-12(13(9)19)16(3-5-23-6-4-16)15(26)25(10)7-11-14(27-11)24-8-17(20,21)22/h1-2,11,14,23-24H,3-8H2. The molecule has 0 aliphatic carbocycles. The van der Waals surface area contributed by atoms with Crippen molar-refractivity contribution in [2.45, 2.75) is 36.8 Å². The Bertz CT molecular complexity index is 769. The van der Waals surface area contributed by atoms with Gasteiger partial charge in [0.2, 0.25) is 5.91 Å². The molecule has 4 rings (SSSR count). The van der Waals surface area contributed by atoms with E-state index in [9.17, 15) is 18.0 Å². The summed E-state index contributed by atoms with van der Waals surface area (Å²) in [6.45, 7) is 0.402. The van der Waals surface area contributed by atoms with Gasteiger partial charge in [0, 0.05) is 11.3 Å². The smallest absolute Gasteiger partial charge is 0.351 e. The molecule has 3 aliphatic heterocycles. The minimum atomic E-state index is -4.31. The SMILES string of the molecule is O=C1N(CC2OC2NCC(F)(F)F)c2ccc(Cl)c(Cl)c2C12CCNCC2. The zero-order valence-corrected chi connectivity index (χ0v) is 15.7. The average molecular weight is 424 g/mol. The van der Waals surface area contributed by atoms with Gasteiger partial charge in [-0.05, 0) is 38.1 Å². The molecule has 1 amide bonds. The van der Waals surface area contributed by atoms with Gasteiger partial charge in [-0.2, -0.15) is 13.2 Å². The van der Waals surface area contributed by atoms with Crippen LogP contribution in [0.1, 0.15) is 18.4 Å². The predicted octanol–water partition coefficient (Wildman–Crippen LogP) is 2.84. The molecule has 2 fully saturated rings. The summed E-state index contributed by atoms with van der Waals surface area (Å²) in [6.07, 6.45) is -4.32. The Balaban J connectivity index is 1.57. The van der Waals surface area contributed by atoms with E-state index in [1.165, 1.54) is 0 Å². The van der Waals surface area contributed by atoms with Gasteiger partial charge in [-0.15, -0.1) is 0 Å². The number of anilines is 1. The third-order valence-electron chi connectivity index (χ3n) is 5.40. The van der Waals surface area contributed by atoms with Gasteiger partial charge in [0.15, 0.2) is 0 Å². The summed E-state index contributed by atoms with van der Waals surface area (Å²) in [5.74, 6) is -0.0896. The van der Waals surface area contributed by atoms with Crippen LogP contribution < -0.4 is 15.5 Å². The molecule has 2 atom stereocenters. The largest absolute Gasteiger partial charge is 0.401 e. The van der Waals surface area contributed by atoms with Gasteiger partial charge in [0.05, 0.1) is 28.5 Å². The van der Waals surface area contributed by atoms with Crippen molar-refractivity contribution in [3.63, 3.8) is 0 Å². The van der Waals surface area contributed by atoms with Crippen LogP contribution in [-0.2, 0) is 14.9 Å². The molecule has 27 heavy (non-hydrogen) atoms. The number of piperidine rings is 1. The number of amides is 1. The third-order valence-corrected chi connectivity index (χ3v) is 6.21. The average Bonchev–Trinajstić information content (AvgIpc) is 3.33. The summed E-state index contributed by atoms with van der Waals surface area (Å²) in [5, 5.41) is 6.30. The van der Waals surface area contributed by atoms with E-state index in [4.69, 9.17) is 27.9 Å². The zero-order valence-electron chi connectivity index (χ0n) is 14.2. The Labute approximate surface area is 164 Å². The molecule has 0 radical (unpaired) electrons. The van der Waals surface area contributed by atoms with Crippen molar-refractivity contribution in [1.82, 2.24) is 10.6 Å². The number of carbonyl (C=O) groups is 1.